The van der Waals surface area contributed by atoms with Gasteiger partial charge in [-0.1, -0.05) is 29.0 Å². The van der Waals surface area contributed by atoms with E-state index >= 15 is 0 Å². The van der Waals surface area contributed by atoms with E-state index in [9.17, 15) is 13.9 Å². The second-order valence-electron chi connectivity index (χ2n) is 7.76. The van der Waals surface area contributed by atoms with E-state index in [2.05, 4.69) is 14.5 Å². The summed E-state index contributed by atoms with van der Waals surface area (Å²) in [6.07, 6.45) is 1.01. The first-order chi connectivity index (χ1) is 14.4. The Balaban J connectivity index is 0.00000181. The lowest BCUT2D eigenvalue weighted by atomic mass is 9.96. The van der Waals surface area contributed by atoms with E-state index in [1.54, 1.807) is 18.4 Å². The first kappa shape index (κ1) is 27.0. The lowest BCUT2D eigenvalue weighted by molar-refractivity contribution is 0.0845. The predicted molar refractivity (Wildman–Crippen MR) is 131 cm³/mol. The van der Waals surface area contributed by atoms with E-state index in [0.717, 1.165) is 58.6 Å². The minimum atomic E-state index is -0.965. The highest BCUT2D eigenvalue weighted by atomic mass is 35.5. The van der Waals surface area contributed by atoms with Gasteiger partial charge < -0.3 is 14.6 Å². The van der Waals surface area contributed by atoms with Gasteiger partial charge in [0.25, 0.3) is 0 Å². The van der Waals surface area contributed by atoms with Crippen LogP contribution < -0.4 is 4.80 Å². The molecule has 1 saturated heterocycles. The van der Waals surface area contributed by atoms with Gasteiger partial charge >= 0.3 is 0 Å². The van der Waals surface area contributed by atoms with Crippen LogP contribution in [0.4, 0.5) is 8.78 Å². The van der Waals surface area contributed by atoms with Crippen LogP contribution in [0, 0.1) is 17.6 Å². The number of β-amino-alcohol motifs (C(OH)–C–C–N with tert-alkyl or cyclic N) is 1. The van der Waals surface area contributed by atoms with E-state index in [4.69, 9.17) is 11.6 Å². The average molecular weight is 525 g/mol. The number of aromatic nitrogens is 1. The van der Waals surface area contributed by atoms with Crippen molar-refractivity contribution in [2.24, 2.45) is 10.9 Å². The Hall–Kier alpha value is -1.22. The number of fused-ring (bicyclic) bond motifs is 1. The zero-order valence-corrected chi connectivity index (χ0v) is 20.7. The molecule has 4 rings (SSSR count). The zero-order valence-electron chi connectivity index (χ0n) is 17.5. The van der Waals surface area contributed by atoms with Crippen LogP contribution >= 0.6 is 47.8 Å². The van der Waals surface area contributed by atoms with Gasteiger partial charge in [0, 0.05) is 36.8 Å². The summed E-state index contributed by atoms with van der Waals surface area (Å²) in [6.45, 7) is 2.89. The van der Waals surface area contributed by atoms with Gasteiger partial charge in [0.1, 0.15) is 11.6 Å². The molecule has 1 atom stereocenters. The normalized spacial score (nSPS) is 16.6. The molecule has 0 radical (unpaired) electrons. The summed E-state index contributed by atoms with van der Waals surface area (Å²) in [5.41, 5.74) is 1.29. The van der Waals surface area contributed by atoms with Crippen molar-refractivity contribution < 1.29 is 13.9 Å². The van der Waals surface area contributed by atoms with Crippen molar-refractivity contribution >= 4 is 58.0 Å². The highest BCUT2D eigenvalue weighted by molar-refractivity contribution is 7.16. The summed E-state index contributed by atoms with van der Waals surface area (Å²) < 4.78 is 30.4. The van der Waals surface area contributed by atoms with Gasteiger partial charge in [-0.05, 0) is 56.1 Å². The van der Waals surface area contributed by atoms with Crippen molar-refractivity contribution in [2.75, 3.05) is 26.7 Å². The molecule has 10 heteroatoms. The minimum absolute atomic E-state index is 0. The summed E-state index contributed by atoms with van der Waals surface area (Å²) in [7, 11) is 1.81. The monoisotopic (exact) mass is 523 g/mol. The number of thiazole rings is 1. The van der Waals surface area contributed by atoms with Crippen molar-refractivity contribution in [2.45, 2.75) is 25.5 Å². The maximum Gasteiger partial charge on any atom is 0.185 e. The molecule has 1 fully saturated rings. The van der Waals surface area contributed by atoms with Crippen molar-refractivity contribution in [3.05, 3.63) is 63.4 Å². The molecule has 1 aliphatic heterocycles. The number of rotatable bonds is 5. The van der Waals surface area contributed by atoms with E-state index in [1.807, 2.05) is 18.2 Å². The molecule has 32 heavy (non-hydrogen) atoms. The fourth-order valence-electron chi connectivity index (χ4n) is 4.12. The maximum absolute atomic E-state index is 13.9. The highest BCUT2D eigenvalue weighted by Crippen LogP contribution is 2.26. The summed E-state index contributed by atoms with van der Waals surface area (Å²) in [6, 6.07) is 9.25. The molecule has 1 aliphatic rings. The zero-order chi connectivity index (χ0) is 21.3. The summed E-state index contributed by atoms with van der Waals surface area (Å²) >= 11 is 7.78. The summed E-state index contributed by atoms with van der Waals surface area (Å²) in [4.78, 5) is 7.57. The van der Waals surface area contributed by atoms with Crippen LogP contribution in [-0.2, 0) is 6.54 Å². The van der Waals surface area contributed by atoms with Crippen molar-refractivity contribution in [1.29, 1.82) is 0 Å². The molecule has 2 heterocycles. The Morgan fingerprint density at radius 3 is 2.53 bits per heavy atom. The van der Waals surface area contributed by atoms with Crippen LogP contribution in [0.3, 0.4) is 0 Å². The molecular weight excluding hydrogens is 499 g/mol. The molecular formula is C22H26Cl3F2N3OS. The van der Waals surface area contributed by atoms with Crippen LogP contribution in [0.25, 0.3) is 10.2 Å². The van der Waals surface area contributed by atoms with Crippen LogP contribution in [0.1, 0.15) is 24.5 Å². The standard InChI is InChI=1S/C22H24ClF2N3OS.2ClH/c1-26-22-28(19-5-2-15(23)10-21(19)30-22)12-14-6-8-27(9-7-14)13-20(29)17-4-3-16(24)11-18(17)25;;/h2-5,10-11,14,20,29H,6-9,12-13H2,1H3;2*1H/t20-;;/m0../s1. The number of halogens is 5. The topological polar surface area (TPSA) is 40.8 Å². The summed E-state index contributed by atoms with van der Waals surface area (Å²) in [5, 5.41) is 11.1. The molecule has 1 aromatic heterocycles. The minimum Gasteiger partial charge on any atom is -0.387 e. The second-order valence-corrected chi connectivity index (χ2v) is 9.20. The fourth-order valence-corrected chi connectivity index (χ4v) is 5.39. The third-order valence-electron chi connectivity index (χ3n) is 5.74. The summed E-state index contributed by atoms with van der Waals surface area (Å²) in [5.74, 6) is -0.836. The Bertz CT molecular complexity index is 1110. The van der Waals surface area contributed by atoms with Crippen molar-refractivity contribution in [1.82, 2.24) is 9.47 Å². The van der Waals surface area contributed by atoms with Gasteiger partial charge in [-0.3, -0.25) is 4.99 Å². The fraction of sp³-hybridized carbons (Fsp3) is 0.409. The smallest absolute Gasteiger partial charge is 0.185 e. The molecule has 0 amide bonds. The van der Waals surface area contributed by atoms with Crippen molar-refractivity contribution in [3.8, 4) is 0 Å². The van der Waals surface area contributed by atoms with Crippen molar-refractivity contribution in [3.63, 3.8) is 0 Å². The van der Waals surface area contributed by atoms with Crippen LogP contribution in [0.15, 0.2) is 41.4 Å². The molecule has 0 aliphatic carbocycles. The quantitative estimate of drug-likeness (QED) is 0.482. The molecule has 3 aromatic rings. The molecule has 2 aromatic carbocycles. The van der Waals surface area contributed by atoms with Gasteiger partial charge in [0.15, 0.2) is 4.80 Å². The molecule has 0 saturated carbocycles. The predicted octanol–water partition coefficient (Wildman–Crippen LogP) is 5.45. The Kier molecular flexibility index (Phi) is 9.94. The largest absolute Gasteiger partial charge is 0.387 e. The maximum atomic E-state index is 13.9. The number of benzene rings is 2. The Labute approximate surface area is 207 Å². The van der Waals surface area contributed by atoms with Gasteiger partial charge in [-0.2, -0.15) is 0 Å². The Morgan fingerprint density at radius 2 is 1.88 bits per heavy atom. The van der Waals surface area contributed by atoms with Gasteiger partial charge in [-0.15, -0.1) is 24.8 Å². The number of aliphatic hydroxyl groups is 1. The van der Waals surface area contributed by atoms with Gasteiger partial charge in [0.05, 0.1) is 16.3 Å². The number of nitrogens with zero attached hydrogens (tertiary/aromatic N) is 3. The lowest BCUT2D eigenvalue weighted by Crippen LogP contribution is -2.38. The molecule has 0 bridgehead atoms. The van der Waals surface area contributed by atoms with E-state index in [1.165, 1.54) is 12.1 Å². The first-order valence-electron chi connectivity index (χ1n) is 10.0. The van der Waals surface area contributed by atoms with Crippen LogP contribution in [-0.4, -0.2) is 41.3 Å². The molecule has 0 spiro atoms. The molecule has 0 unspecified atom stereocenters. The molecule has 4 nitrogen and oxygen atoms in total. The van der Waals surface area contributed by atoms with E-state index in [-0.39, 0.29) is 30.4 Å². The number of piperidine rings is 1. The highest BCUT2D eigenvalue weighted by Gasteiger charge is 2.24. The number of aliphatic hydroxyl groups excluding tert-OH is 1. The van der Waals surface area contributed by atoms with Crippen LogP contribution in [0.2, 0.25) is 5.02 Å². The number of likely N-dealkylation sites (tertiary alicyclic amines) is 1. The Morgan fingerprint density at radius 1 is 1.16 bits per heavy atom. The first-order valence-corrected chi connectivity index (χ1v) is 11.2. The third-order valence-corrected chi connectivity index (χ3v) is 7.10. The molecule has 176 valence electrons. The lowest BCUT2D eigenvalue weighted by Gasteiger charge is -2.33. The molecule has 1 N–H and O–H groups in total. The third kappa shape index (κ3) is 6.01. The number of hydrogen-bond donors (Lipinski definition) is 1. The van der Waals surface area contributed by atoms with E-state index < -0.39 is 17.7 Å². The average Bonchev–Trinajstić information content (AvgIpc) is 3.05. The van der Waals surface area contributed by atoms with E-state index in [0.29, 0.717) is 12.5 Å². The van der Waals surface area contributed by atoms with Crippen LogP contribution in [0.5, 0.6) is 0 Å². The van der Waals surface area contributed by atoms with Gasteiger partial charge in [0.2, 0.25) is 0 Å². The SMILES string of the molecule is CN=c1sc2cc(Cl)ccc2n1CC1CCN(C[C@H](O)c2ccc(F)cc2F)CC1.Cl.Cl. The number of hydrogen-bond acceptors (Lipinski definition) is 4. The second kappa shape index (κ2) is 11.8. The van der Waals surface area contributed by atoms with Gasteiger partial charge in [-0.25, -0.2) is 8.78 Å².